The van der Waals surface area contributed by atoms with Crippen molar-refractivity contribution >= 4 is 5.91 Å². The molecular formula is C19H24FN3O. The summed E-state index contributed by atoms with van der Waals surface area (Å²) in [4.78, 5) is 15.2. The first-order valence-corrected chi connectivity index (χ1v) is 9.52. The Balaban J connectivity index is 1.33. The molecule has 0 aromatic heterocycles. The first-order chi connectivity index (χ1) is 11.3. The number of likely N-dealkylation sites (tertiary alicyclic amines) is 1. The second-order valence-corrected chi connectivity index (χ2v) is 10.2. The van der Waals surface area contributed by atoms with E-state index >= 15 is 4.39 Å². The van der Waals surface area contributed by atoms with Crippen molar-refractivity contribution in [1.82, 2.24) is 4.90 Å². The van der Waals surface area contributed by atoms with Crippen LogP contribution in [-0.4, -0.2) is 34.1 Å². The highest BCUT2D eigenvalue weighted by molar-refractivity contribution is 5.87. The molecule has 24 heavy (non-hydrogen) atoms. The fraction of sp³-hybridized carbons (Fsp3) is 0.895. The molecule has 0 aromatic carbocycles. The van der Waals surface area contributed by atoms with Gasteiger partial charge in [0.05, 0.1) is 17.6 Å². The third-order valence-corrected chi connectivity index (χ3v) is 8.70. The highest BCUT2D eigenvalue weighted by atomic mass is 19.1. The van der Waals surface area contributed by atoms with Crippen molar-refractivity contribution in [2.24, 2.45) is 28.4 Å². The molecule has 6 aliphatic carbocycles. The Morgan fingerprint density at radius 3 is 2.42 bits per heavy atom. The average Bonchev–Trinajstić information content (AvgIpc) is 3.25. The lowest BCUT2D eigenvalue weighted by Gasteiger charge is -2.60. The van der Waals surface area contributed by atoms with Gasteiger partial charge in [0.25, 0.3) is 0 Å². The fourth-order valence-electron chi connectivity index (χ4n) is 7.96. The Bertz CT molecular complexity index is 692. The molecule has 0 aromatic rings. The van der Waals surface area contributed by atoms with Crippen molar-refractivity contribution in [3.63, 3.8) is 0 Å². The highest BCUT2D eigenvalue weighted by Gasteiger charge is 2.91. The summed E-state index contributed by atoms with van der Waals surface area (Å²) in [6, 6.07) is 1.39. The number of amides is 1. The molecule has 1 heterocycles. The number of carbonyl (C=O) groups is 1. The number of halogens is 1. The number of rotatable bonds is 2. The van der Waals surface area contributed by atoms with Crippen LogP contribution in [0.15, 0.2) is 0 Å². The van der Waals surface area contributed by atoms with E-state index in [9.17, 15) is 10.1 Å². The first kappa shape index (κ1) is 14.1. The Morgan fingerprint density at radius 1 is 1.17 bits per heavy atom. The third-order valence-electron chi connectivity index (χ3n) is 8.70. The van der Waals surface area contributed by atoms with E-state index in [0.717, 1.165) is 38.5 Å². The van der Waals surface area contributed by atoms with Gasteiger partial charge in [-0.15, -0.1) is 0 Å². The summed E-state index contributed by atoms with van der Waals surface area (Å²) in [6.45, 7) is 0. The van der Waals surface area contributed by atoms with Crippen molar-refractivity contribution in [2.45, 2.75) is 81.1 Å². The van der Waals surface area contributed by atoms with Gasteiger partial charge in [-0.1, -0.05) is 0 Å². The van der Waals surface area contributed by atoms with Crippen LogP contribution in [0.5, 0.6) is 0 Å². The fourth-order valence-corrected chi connectivity index (χ4v) is 7.96. The van der Waals surface area contributed by atoms with Gasteiger partial charge in [0.1, 0.15) is 11.7 Å². The van der Waals surface area contributed by atoms with Crippen LogP contribution < -0.4 is 5.73 Å². The second kappa shape index (κ2) is 3.67. The van der Waals surface area contributed by atoms with Crippen molar-refractivity contribution in [3.8, 4) is 6.07 Å². The molecule has 128 valence electrons. The molecule has 1 amide bonds. The molecule has 6 saturated carbocycles. The highest BCUT2D eigenvalue weighted by Crippen LogP contribution is 2.87. The number of nitrogens with two attached hydrogens (primary N) is 1. The summed E-state index contributed by atoms with van der Waals surface area (Å²) in [5.41, 5.74) is 5.33. The van der Waals surface area contributed by atoms with Crippen LogP contribution >= 0.6 is 0 Å². The Kier molecular flexibility index (Phi) is 2.15. The smallest absolute Gasteiger partial charge is 0.241 e. The second-order valence-electron chi connectivity index (χ2n) is 10.2. The molecule has 7 rings (SSSR count). The van der Waals surface area contributed by atoms with Gasteiger partial charge in [0.15, 0.2) is 0 Å². The topological polar surface area (TPSA) is 70.1 Å². The molecule has 4 nitrogen and oxygen atoms in total. The molecule has 0 radical (unpaired) electrons. The van der Waals surface area contributed by atoms with E-state index in [4.69, 9.17) is 5.73 Å². The molecule has 1 saturated heterocycles. The van der Waals surface area contributed by atoms with E-state index in [1.807, 2.05) is 4.90 Å². The molecule has 0 spiro atoms. The quantitative estimate of drug-likeness (QED) is 0.845. The van der Waals surface area contributed by atoms with Crippen LogP contribution in [0.1, 0.15) is 57.8 Å². The van der Waals surface area contributed by atoms with Crippen LogP contribution in [0.2, 0.25) is 0 Å². The predicted octanol–water partition coefficient (Wildman–Crippen LogP) is 2.28. The van der Waals surface area contributed by atoms with E-state index in [1.54, 1.807) is 0 Å². The summed E-state index contributed by atoms with van der Waals surface area (Å²) < 4.78 is 15.2. The molecule has 5 heteroatoms. The standard InChI is InChI=1S/C19H24FN3O/c20-18-4-11-1-12(5-18)3-16(2-11,8-18)14(22)15(24)23-13(7-21)6-17-9-19(17,23)10-17/h11-14H,1-6,8-10,22H2/t11?,12?,13-,14+,16?,17?,18?,19?/m0/s1. The summed E-state index contributed by atoms with van der Waals surface area (Å²) in [6.07, 6.45) is 7.68. The predicted molar refractivity (Wildman–Crippen MR) is 84.2 cm³/mol. The molecule has 7 fully saturated rings. The lowest BCUT2D eigenvalue weighted by atomic mass is 9.46. The summed E-state index contributed by atoms with van der Waals surface area (Å²) in [5, 5.41) is 9.47. The summed E-state index contributed by atoms with van der Waals surface area (Å²) >= 11 is 0. The Labute approximate surface area is 141 Å². The lowest BCUT2D eigenvalue weighted by Crippen LogP contribution is -2.64. The van der Waals surface area contributed by atoms with Gasteiger partial charge in [-0.2, -0.15) is 5.26 Å². The van der Waals surface area contributed by atoms with Gasteiger partial charge >= 0.3 is 0 Å². The van der Waals surface area contributed by atoms with Crippen LogP contribution in [0.25, 0.3) is 0 Å². The molecule has 7 aliphatic rings. The van der Waals surface area contributed by atoms with Gasteiger partial charge in [-0.05, 0) is 75.0 Å². The number of carbonyl (C=O) groups excluding carboxylic acids is 1. The monoisotopic (exact) mass is 329 g/mol. The number of piperidine rings is 2. The minimum Gasteiger partial charge on any atom is -0.319 e. The average molecular weight is 329 g/mol. The summed E-state index contributed by atoms with van der Waals surface area (Å²) in [7, 11) is 0. The number of hydrogen-bond acceptors (Lipinski definition) is 3. The summed E-state index contributed by atoms with van der Waals surface area (Å²) in [5.74, 6) is 0.753. The van der Waals surface area contributed by atoms with E-state index < -0.39 is 11.7 Å². The molecule has 2 N–H and O–H groups in total. The minimum atomic E-state index is -1.09. The molecule has 4 atom stereocenters. The first-order valence-electron chi connectivity index (χ1n) is 9.52. The van der Waals surface area contributed by atoms with Gasteiger partial charge in [-0.3, -0.25) is 4.79 Å². The van der Waals surface area contributed by atoms with Crippen LogP contribution in [0.3, 0.4) is 0 Å². The van der Waals surface area contributed by atoms with E-state index in [-0.39, 0.29) is 28.3 Å². The van der Waals surface area contributed by atoms with Crippen molar-refractivity contribution < 1.29 is 9.18 Å². The SMILES string of the molecule is N#C[C@@H]1CC23CC2(C3)N1C(=O)[C@@H](N)C12CC3CC(CC(F)(C3)C1)C2. The maximum atomic E-state index is 15.2. The maximum Gasteiger partial charge on any atom is 0.241 e. The van der Waals surface area contributed by atoms with Gasteiger partial charge < -0.3 is 10.6 Å². The normalized spacial score (nSPS) is 59.5. The van der Waals surface area contributed by atoms with Crippen molar-refractivity contribution in [1.29, 1.82) is 5.26 Å². The molecule has 2 unspecified atom stereocenters. The van der Waals surface area contributed by atoms with Crippen LogP contribution in [-0.2, 0) is 4.79 Å². The van der Waals surface area contributed by atoms with Gasteiger partial charge in [-0.25, -0.2) is 4.39 Å². The number of hydrogen-bond donors (Lipinski definition) is 1. The molecule has 1 aliphatic heterocycles. The zero-order chi connectivity index (χ0) is 16.5. The van der Waals surface area contributed by atoms with E-state index in [2.05, 4.69) is 6.07 Å². The van der Waals surface area contributed by atoms with Crippen LogP contribution in [0.4, 0.5) is 4.39 Å². The number of alkyl halides is 1. The number of nitrogens with zero attached hydrogens (tertiary/aromatic N) is 2. The van der Waals surface area contributed by atoms with Crippen LogP contribution in [0, 0.1) is 34.0 Å². The zero-order valence-electron chi connectivity index (χ0n) is 13.9. The van der Waals surface area contributed by atoms with Crippen molar-refractivity contribution in [2.75, 3.05) is 0 Å². The maximum absolute atomic E-state index is 15.2. The number of nitriles is 1. The molecule has 4 bridgehead atoms. The Hall–Kier alpha value is -1.15. The molecular weight excluding hydrogens is 305 g/mol. The minimum absolute atomic E-state index is 0.0300. The lowest BCUT2D eigenvalue weighted by molar-refractivity contribution is -0.157. The third kappa shape index (κ3) is 1.39. The zero-order valence-corrected chi connectivity index (χ0v) is 13.9. The van der Waals surface area contributed by atoms with E-state index in [0.29, 0.717) is 31.1 Å². The van der Waals surface area contributed by atoms with Gasteiger partial charge in [0, 0.05) is 5.41 Å². The van der Waals surface area contributed by atoms with E-state index in [1.165, 1.54) is 0 Å². The van der Waals surface area contributed by atoms with Crippen molar-refractivity contribution in [3.05, 3.63) is 0 Å². The van der Waals surface area contributed by atoms with Gasteiger partial charge in [0.2, 0.25) is 5.91 Å². The Morgan fingerprint density at radius 2 is 1.83 bits per heavy atom. The largest absolute Gasteiger partial charge is 0.319 e.